The molecule has 0 unspecified atom stereocenters. The van der Waals surface area contributed by atoms with E-state index in [9.17, 15) is 0 Å². The summed E-state index contributed by atoms with van der Waals surface area (Å²) in [5, 5.41) is 6.92. The highest BCUT2D eigenvalue weighted by atomic mass is 79.9. The van der Waals surface area contributed by atoms with Crippen LogP contribution in [0.15, 0.2) is 53.0 Å². The van der Waals surface area contributed by atoms with Gasteiger partial charge >= 0.3 is 0 Å². The fourth-order valence-electron chi connectivity index (χ4n) is 1.54. The van der Waals surface area contributed by atoms with E-state index in [2.05, 4.69) is 26.6 Å². The fraction of sp³-hybridized carbons (Fsp3) is 0.0714. The lowest BCUT2D eigenvalue weighted by Gasteiger charge is -2.12. The van der Waals surface area contributed by atoms with Crippen molar-refractivity contribution in [1.82, 2.24) is 0 Å². The smallest absolute Gasteiger partial charge is 0.175 e. The van der Waals surface area contributed by atoms with Crippen LogP contribution in [0.25, 0.3) is 0 Å². The van der Waals surface area contributed by atoms with E-state index in [1.807, 2.05) is 55.5 Å². The van der Waals surface area contributed by atoms with Crippen LogP contribution in [0.1, 0.15) is 5.56 Å². The van der Waals surface area contributed by atoms with Gasteiger partial charge in [0.05, 0.1) is 0 Å². The zero-order valence-corrected chi connectivity index (χ0v) is 12.3. The first-order valence-electron chi connectivity index (χ1n) is 5.54. The number of benzene rings is 2. The Kier molecular flexibility index (Phi) is 4.33. The Morgan fingerprint density at radius 2 is 1.78 bits per heavy atom. The van der Waals surface area contributed by atoms with Crippen LogP contribution in [-0.2, 0) is 0 Å². The zero-order valence-electron chi connectivity index (χ0n) is 9.91. The molecular formula is C14H13BrN2S. The molecule has 2 aromatic carbocycles. The molecule has 0 aromatic heterocycles. The van der Waals surface area contributed by atoms with E-state index in [4.69, 9.17) is 12.2 Å². The first-order chi connectivity index (χ1) is 8.65. The van der Waals surface area contributed by atoms with E-state index in [1.54, 1.807) is 0 Å². The molecule has 0 fully saturated rings. The van der Waals surface area contributed by atoms with Gasteiger partial charge in [-0.15, -0.1) is 0 Å². The summed E-state index contributed by atoms with van der Waals surface area (Å²) in [6, 6.07) is 15.9. The zero-order chi connectivity index (χ0) is 13.0. The third kappa shape index (κ3) is 3.55. The van der Waals surface area contributed by atoms with Crippen LogP contribution >= 0.6 is 28.1 Å². The Morgan fingerprint density at radius 3 is 2.50 bits per heavy atom. The van der Waals surface area contributed by atoms with Gasteiger partial charge in [0.2, 0.25) is 0 Å². The van der Waals surface area contributed by atoms with Crippen LogP contribution in [0.5, 0.6) is 0 Å². The van der Waals surface area contributed by atoms with Gasteiger partial charge < -0.3 is 10.6 Å². The summed E-state index contributed by atoms with van der Waals surface area (Å²) < 4.78 is 1.03. The van der Waals surface area contributed by atoms with Crippen LogP contribution in [0.3, 0.4) is 0 Å². The minimum Gasteiger partial charge on any atom is -0.332 e. The molecular weight excluding hydrogens is 308 g/mol. The molecule has 2 rings (SSSR count). The summed E-state index contributed by atoms with van der Waals surface area (Å²) in [5.74, 6) is 0. The molecule has 0 heterocycles. The van der Waals surface area contributed by atoms with Crippen LogP contribution in [0.4, 0.5) is 11.4 Å². The third-order valence-corrected chi connectivity index (χ3v) is 3.18. The monoisotopic (exact) mass is 320 g/mol. The Bertz CT molecular complexity index is 555. The summed E-state index contributed by atoms with van der Waals surface area (Å²) in [6.45, 7) is 2.04. The largest absolute Gasteiger partial charge is 0.332 e. The Hall–Kier alpha value is -1.39. The molecule has 2 nitrogen and oxygen atoms in total. The third-order valence-electron chi connectivity index (χ3n) is 2.48. The van der Waals surface area contributed by atoms with E-state index in [-0.39, 0.29) is 0 Å². The molecule has 0 atom stereocenters. The van der Waals surface area contributed by atoms with Gasteiger partial charge in [-0.05, 0) is 49.0 Å². The van der Waals surface area contributed by atoms with Gasteiger partial charge in [-0.25, -0.2) is 0 Å². The second-order valence-electron chi connectivity index (χ2n) is 3.90. The molecule has 4 heteroatoms. The number of hydrogen-bond acceptors (Lipinski definition) is 1. The molecule has 2 aromatic rings. The van der Waals surface area contributed by atoms with Crippen molar-refractivity contribution in [3.05, 3.63) is 58.6 Å². The number of halogens is 1. The van der Waals surface area contributed by atoms with Gasteiger partial charge in [-0.1, -0.05) is 40.2 Å². The number of hydrogen-bond donors (Lipinski definition) is 2. The minimum absolute atomic E-state index is 0.586. The van der Waals surface area contributed by atoms with Crippen molar-refractivity contribution in [2.75, 3.05) is 10.6 Å². The Balaban J connectivity index is 2.05. The molecule has 0 aliphatic heterocycles. The Morgan fingerprint density at radius 1 is 1.06 bits per heavy atom. The lowest BCUT2D eigenvalue weighted by molar-refractivity contribution is 1.44. The van der Waals surface area contributed by atoms with Gasteiger partial charge in [0.15, 0.2) is 5.11 Å². The Labute approximate surface area is 121 Å². The molecule has 0 bridgehead atoms. The van der Waals surface area contributed by atoms with Crippen molar-refractivity contribution in [3.63, 3.8) is 0 Å². The van der Waals surface area contributed by atoms with Crippen molar-refractivity contribution >= 4 is 44.6 Å². The molecule has 18 heavy (non-hydrogen) atoms. The van der Waals surface area contributed by atoms with Gasteiger partial charge in [0.25, 0.3) is 0 Å². The van der Waals surface area contributed by atoms with E-state index in [1.165, 1.54) is 0 Å². The first kappa shape index (κ1) is 13.1. The van der Waals surface area contributed by atoms with Gasteiger partial charge in [-0.2, -0.15) is 0 Å². The normalized spacial score (nSPS) is 9.89. The average Bonchev–Trinajstić information content (AvgIpc) is 2.35. The number of thiocarbonyl (C=S) groups is 1. The second kappa shape index (κ2) is 5.98. The molecule has 92 valence electrons. The predicted octanol–water partition coefficient (Wildman–Crippen LogP) is 4.57. The van der Waals surface area contributed by atoms with Crippen molar-refractivity contribution < 1.29 is 0 Å². The van der Waals surface area contributed by atoms with E-state index >= 15 is 0 Å². The van der Waals surface area contributed by atoms with Gasteiger partial charge in [0, 0.05) is 15.8 Å². The molecule has 0 saturated carbocycles. The summed E-state index contributed by atoms with van der Waals surface area (Å²) >= 11 is 8.73. The van der Waals surface area contributed by atoms with Crippen molar-refractivity contribution in [2.45, 2.75) is 6.92 Å². The van der Waals surface area contributed by atoms with Gasteiger partial charge in [0.1, 0.15) is 0 Å². The van der Waals surface area contributed by atoms with Crippen LogP contribution in [-0.4, -0.2) is 5.11 Å². The van der Waals surface area contributed by atoms with E-state index < -0.39 is 0 Å². The van der Waals surface area contributed by atoms with Crippen LogP contribution < -0.4 is 10.6 Å². The quantitative estimate of drug-likeness (QED) is 0.793. The number of para-hydroxylation sites is 1. The van der Waals surface area contributed by atoms with Crippen LogP contribution in [0.2, 0.25) is 0 Å². The first-order valence-corrected chi connectivity index (χ1v) is 6.74. The maximum Gasteiger partial charge on any atom is 0.175 e. The summed E-state index contributed by atoms with van der Waals surface area (Å²) in [4.78, 5) is 0. The maximum absolute atomic E-state index is 5.28. The predicted molar refractivity (Wildman–Crippen MR) is 85.2 cm³/mol. The molecule has 0 amide bonds. The van der Waals surface area contributed by atoms with Gasteiger partial charge in [-0.3, -0.25) is 0 Å². The maximum atomic E-state index is 5.28. The molecule has 0 saturated heterocycles. The summed E-state index contributed by atoms with van der Waals surface area (Å²) in [5.41, 5.74) is 3.12. The van der Waals surface area contributed by atoms with Crippen LogP contribution in [0, 0.1) is 6.92 Å². The number of nitrogens with one attached hydrogen (secondary N) is 2. The molecule has 0 aliphatic carbocycles. The standard InChI is InChI=1S/C14H13BrN2S/c1-10-7-8-11(15)9-13(10)17-14(18)16-12-5-3-2-4-6-12/h2-9H,1H3,(H2,16,17,18). The van der Waals surface area contributed by atoms with Crippen molar-refractivity contribution in [2.24, 2.45) is 0 Å². The lowest BCUT2D eigenvalue weighted by atomic mass is 10.2. The molecule has 0 spiro atoms. The highest BCUT2D eigenvalue weighted by Crippen LogP contribution is 2.20. The van der Waals surface area contributed by atoms with E-state index in [0.717, 1.165) is 21.4 Å². The fourth-order valence-corrected chi connectivity index (χ4v) is 2.12. The SMILES string of the molecule is Cc1ccc(Br)cc1NC(=S)Nc1ccccc1. The second-order valence-corrected chi connectivity index (χ2v) is 5.23. The minimum atomic E-state index is 0.586. The van der Waals surface area contributed by atoms with Crippen molar-refractivity contribution in [1.29, 1.82) is 0 Å². The van der Waals surface area contributed by atoms with Crippen molar-refractivity contribution in [3.8, 4) is 0 Å². The molecule has 2 N–H and O–H groups in total. The summed E-state index contributed by atoms with van der Waals surface area (Å²) in [6.07, 6.45) is 0. The number of aryl methyl sites for hydroxylation is 1. The lowest BCUT2D eigenvalue weighted by Crippen LogP contribution is -2.19. The molecule has 0 aliphatic rings. The highest BCUT2D eigenvalue weighted by Gasteiger charge is 2.02. The molecule has 0 radical (unpaired) electrons. The summed E-state index contributed by atoms with van der Waals surface area (Å²) in [7, 11) is 0. The topological polar surface area (TPSA) is 24.1 Å². The van der Waals surface area contributed by atoms with E-state index in [0.29, 0.717) is 5.11 Å². The number of anilines is 2. The average molecular weight is 321 g/mol. The highest BCUT2D eigenvalue weighted by molar-refractivity contribution is 9.10. The number of rotatable bonds is 2.